The monoisotopic (exact) mass is 176 g/mol. The van der Waals surface area contributed by atoms with Gasteiger partial charge < -0.3 is 4.57 Å². The van der Waals surface area contributed by atoms with Crippen LogP contribution >= 0.6 is 0 Å². The summed E-state index contributed by atoms with van der Waals surface area (Å²) in [4.78, 5) is 11.2. The number of nitrogens with zero attached hydrogens (tertiary/aromatic N) is 2. The summed E-state index contributed by atoms with van der Waals surface area (Å²) in [7, 11) is 0. The van der Waals surface area contributed by atoms with Gasteiger partial charge in [-0.1, -0.05) is 6.07 Å². The quantitative estimate of drug-likeness (QED) is 0.653. The highest BCUT2D eigenvalue weighted by Gasteiger charge is 1.92. The van der Waals surface area contributed by atoms with Gasteiger partial charge in [-0.25, -0.2) is 0 Å². The van der Waals surface area contributed by atoms with Crippen LogP contribution < -0.4 is 5.56 Å². The number of aromatic nitrogens is 1. The van der Waals surface area contributed by atoms with Gasteiger partial charge in [-0.3, -0.25) is 4.79 Å². The Morgan fingerprint density at radius 3 is 2.92 bits per heavy atom. The summed E-state index contributed by atoms with van der Waals surface area (Å²) in [5.74, 6) is 0. The van der Waals surface area contributed by atoms with E-state index in [0.717, 1.165) is 12.8 Å². The van der Waals surface area contributed by atoms with Crippen LogP contribution in [0.5, 0.6) is 0 Å². The molecule has 0 saturated carbocycles. The normalized spacial score (nSPS) is 9.46. The van der Waals surface area contributed by atoms with Gasteiger partial charge in [0.05, 0.1) is 6.07 Å². The molecule has 0 bridgehead atoms. The van der Waals surface area contributed by atoms with Crippen LogP contribution in [0.2, 0.25) is 0 Å². The standard InChI is InChI=1S/C10H12N2O/c11-7-3-1-4-8-12-9-5-2-6-10(12)13/h2,5-6,9H,1,3-4,8H2. The summed E-state index contributed by atoms with van der Waals surface area (Å²) < 4.78 is 1.66. The van der Waals surface area contributed by atoms with Crippen molar-refractivity contribution in [2.24, 2.45) is 0 Å². The molecule has 3 heteroatoms. The van der Waals surface area contributed by atoms with E-state index >= 15 is 0 Å². The fraction of sp³-hybridized carbons (Fsp3) is 0.400. The molecule has 1 heterocycles. The Morgan fingerprint density at radius 2 is 2.23 bits per heavy atom. The highest BCUT2D eigenvalue weighted by molar-refractivity contribution is 4.92. The fourth-order valence-corrected chi connectivity index (χ4v) is 1.13. The summed E-state index contributed by atoms with van der Waals surface area (Å²) in [5, 5.41) is 8.30. The van der Waals surface area contributed by atoms with Gasteiger partial charge in [0.2, 0.25) is 5.56 Å². The first-order valence-corrected chi connectivity index (χ1v) is 4.37. The van der Waals surface area contributed by atoms with E-state index in [1.807, 2.05) is 6.07 Å². The molecule has 3 nitrogen and oxygen atoms in total. The number of nitriles is 1. The Morgan fingerprint density at radius 1 is 1.38 bits per heavy atom. The van der Waals surface area contributed by atoms with Crippen molar-refractivity contribution < 1.29 is 0 Å². The summed E-state index contributed by atoms with van der Waals surface area (Å²) in [5.41, 5.74) is 0.0273. The summed E-state index contributed by atoms with van der Waals surface area (Å²) in [6.45, 7) is 0.710. The molecule has 1 aromatic heterocycles. The van der Waals surface area contributed by atoms with Crippen molar-refractivity contribution in [3.8, 4) is 6.07 Å². The zero-order valence-corrected chi connectivity index (χ0v) is 7.44. The van der Waals surface area contributed by atoms with Crippen molar-refractivity contribution in [3.05, 3.63) is 34.7 Å². The second-order valence-electron chi connectivity index (χ2n) is 2.85. The molecule has 0 radical (unpaired) electrons. The zero-order valence-electron chi connectivity index (χ0n) is 7.44. The lowest BCUT2D eigenvalue weighted by Crippen LogP contribution is -2.17. The first-order chi connectivity index (χ1) is 6.34. The van der Waals surface area contributed by atoms with Crippen molar-refractivity contribution in [2.75, 3.05) is 0 Å². The van der Waals surface area contributed by atoms with E-state index in [1.54, 1.807) is 22.9 Å². The van der Waals surface area contributed by atoms with Crippen LogP contribution in [0.25, 0.3) is 0 Å². The largest absolute Gasteiger partial charge is 0.316 e. The smallest absolute Gasteiger partial charge is 0.250 e. The molecule has 68 valence electrons. The molecule has 1 aromatic rings. The van der Waals surface area contributed by atoms with Crippen molar-refractivity contribution in [1.82, 2.24) is 4.57 Å². The van der Waals surface area contributed by atoms with Gasteiger partial charge in [0.1, 0.15) is 0 Å². The molecular weight excluding hydrogens is 164 g/mol. The van der Waals surface area contributed by atoms with Crippen molar-refractivity contribution in [1.29, 1.82) is 5.26 Å². The minimum absolute atomic E-state index is 0.0273. The van der Waals surface area contributed by atoms with Gasteiger partial charge in [0, 0.05) is 25.2 Å². The first kappa shape index (κ1) is 9.53. The van der Waals surface area contributed by atoms with Gasteiger partial charge >= 0.3 is 0 Å². The summed E-state index contributed by atoms with van der Waals surface area (Å²) in [6, 6.07) is 7.20. The second-order valence-corrected chi connectivity index (χ2v) is 2.85. The molecule has 0 aliphatic carbocycles. The molecule has 0 amide bonds. The van der Waals surface area contributed by atoms with Crippen LogP contribution in [0, 0.1) is 11.3 Å². The highest BCUT2D eigenvalue weighted by atomic mass is 16.1. The van der Waals surface area contributed by atoms with Gasteiger partial charge in [0.25, 0.3) is 0 Å². The Balaban J connectivity index is 2.42. The average Bonchev–Trinajstić information content (AvgIpc) is 2.15. The van der Waals surface area contributed by atoms with Gasteiger partial charge in [-0.15, -0.1) is 0 Å². The van der Waals surface area contributed by atoms with Crippen molar-refractivity contribution in [3.63, 3.8) is 0 Å². The molecule has 0 N–H and O–H groups in total. The lowest BCUT2D eigenvalue weighted by atomic mass is 10.2. The minimum atomic E-state index is 0.0273. The zero-order chi connectivity index (χ0) is 9.52. The number of pyridine rings is 1. The molecule has 0 aliphatic heterocycles. The lowest BCUT2D eigenvalue weighted by molar-refractivity contribution is 0.599. The topological polar surface area (TPSA) is 45.8 Å². The van der Waals surface area contributed by atoms with E-state index in [1.165, 1.54) is 0 Å². The third kappa shape index (κ3) is 3.12. The number of aryl methyl sites for hydroxylation is 1. The lowest BCUT2D eigenvalue weighted by Gasteiger charge is -2.02. The Kier molecular flexibility index (Phi) is 3.77. The first-order valence-electron chi connectivity index (χ1n) is 4.37. The molecule has 0 atom stereocenters. The maximum atomic E-state index is 11.2. The van der Waals surface area contributed by atoms with Crippen LogP contribution in [0.4, 0.5) is 0 Å². The number of hydrogen-bond donors (Lipinski definition) is 0. The Bertz CT molecular complexity index is 348. The molecule has 13 heavy (non-hydrogen) atoms. The predicted octanol–water partition coefficient (Wildman–Crippen LogP) is 1.54. The van der Waals surface area contributed by atoms with Crippen molar-refractivity contribution >= 4 is 0 Å². The molecule has 0 saturated heterocycles. The van der Waals surface area contributed by atoms with E-state index < -0.39 is 0 Å². The Hall–Kier alpha value is -1.56. The predicted molar refractivity (Wildman–Crippen MR) is 50.2 cm³/mol. The third-order valence-electron chi connectivity index (χ3n) is 1.84. The van der Waals surface area contributed by atoms with Crippen LogP contribution in [0.1, 0.15) is 19.3 Å². The molecule has 0 aliphatic rings. The maximum absolute atomic E-state index is 11.2. The van der Waals surface area contributed by atoms with E-state index in [2.05, 4.69) is 6.07 Å². The maximum Gasteiger partial charge on any atom is 0.250 e. The molecule has 0 unspecified atom stereocenters. The van der Waals surface area contributed by atoms with E-state index in [-0.39, 0.29) is 5.56 Å². The molecule has 1 rings (SSSR count). The van der Waals surface area contributed by atoms with Gasteiger partial charge in [-0.05, 0) is 18.9 Å². The van der Waals surface area contributed by atoms with Gasteiger partial charge in [-0.2, -0.15) is 5.26 Å². The molecular formula is C10H12N2O. The van der Waals surface area contributed by atoms with Crippen LogP contribution in [-0.2, 0) is 6.54 Å². The Labute approximate surface area is 77.2 Å². The second kappa shape index (κ2) is 5.15. The van der Waals surface area contributed by atoms with Crippen LogP contribution in [0.15, 0.2) is 29.2 Å². The minimum Gasteiger partial charge on any atom is -0.316 e. The fourth-order valence-electron chi connectivity index (χ4n) is 1.13. The molecule has 0 aromatic carbocycles. The van der Waals surface area contributed by atoms with E-state index in [9.17, 15) is 4.79 Å². The van der Waals surface area contributed by atoms with E-state index in [0.29, 0.717) is 13.0 Å². The molecule has 0 spiro atoms. The number of rotatable bonds is 4. The van der Waals surface area contributed by atoms with Crippen LogP contribution in [-0.4, -0.2) is 4.57 Å². The number of hydrogen-bond acceptors (Lipinski definition) is 2. The number of unbranched alkanes of at least 4 members (excludes halogenated alkanes) is 2. The van der Waals surface area contributed by atoms with Crippen molar-refractivity contribution in [2.45, 2.75) is 25.8 Å². The average molecular weight is 176 g/mol. The summed E-state index contributed by atoms with van der Waals surface area (Å²) in [6.07, 6.45) is 4.09. The van der Waals surface area contributed by atoms with E-state index in [4.69, 9.17) is 5.26 Å². The third-order valence-corrected chi connectivity index (χ3v) is 1.84. The SMILES string of the molecule is N#CCCCCn1ccccc1=O. The molecule has 0 fully saturated rings. The van der Waals surface area contributed by atoms with Gasteiger partial charge in [0.15, 0.2) is 0 Å². The summed E-state index contributed by atoms with van der Waals surface area (Å²) >= 11 is 0. The van der Waals surface area contributed by atoms with Crippen LogP contribution in [0.3, 0.4) is 0 Å². The highest BCUT2D eigenvalue weighted by Crippen LogP contribution is 1.95.